The van der Waals surface area contributed by atoms with Gasteiger partial charge in [-0.2, -0.15) is 0 Å². The molecule has 0 unspecified atom stereocenters. The van der Waals surface area contributed by atoms with Crippen LogP contribution in [0.15, 0.2) is 66.7 Å². The quantitative estimate of drug-likeness (QED) is 0.403. The largest absolute Gasteiger partial charge is 0.424 e. The topological polar surface area (TPSA) is 49.7 Å². The molecule has 2 N–H and O–H groups in total. The summed E-state index contributed by atoms with van der Waals surface area (Å²) in [7, 11) is 0. The van der Waals surface area contributed by atoms with Gasteiger partial charge in [-0.25, -0.2) is 0 Å². The number of rotatable bonds is 8. The summed E-state index contributed by atoms with van der Waals surface area (Å²) >= 11 is 4.79. The average Bonchev–Trinajstić information content (AvgIpc) is 2.68. The molecule has 3 aromatic rings. The maximum absolute atomic E-state index is 9.87. The average molecular weight is 427 g/mol. The Morgan fingerprint density at radius 2 is 1.24 bits per heavy atom. The fourth-order valence-corrected chi connectivity index (χ4v) is 4.41. The van der Waals surface area contributed by atoms with Crippen LogP contribution in [0.4, 0.5) is 0 Å². The van der Waals surface area contributed by atoms with Gasteiger partial charge in [0.25, 0.3) is 0 Å². The van der Waals surface area contributed by atoms with Crippen LogP contribution in [-0.4, -0.2) is 9.79 Å². The third-order valence-corrected chi connectivity index (χ3v) is 5.53. The monoisotopic (exact) mass is 426 g/mol. The summed E-state index contributed by atoms with van der Waals surface area (Å²) < 4.78 is 5.52. The minimum Gasteiger partial charge on any atom is -0.424 e. The van der Waals surface area contributed by atoms with Crippen LogP contribution >= 0.6 is 6.72 Å². The fourth-order valence-electron chi connectivity index (χ4n) is 3.76. The third-order valence-electron chi connectivity index (χ3n) is 4.88. The Labute approximate surface area is 178 Å². The zero-order chi connectivity index (χ0) is 20.9. The van der Waals surface area contributed by atoms with E-state index in [2.05, 4.69) is 50.2 Å². The molecule has 3 nitrogen and oxygen atoms in total. The molecule has 0 heterocycles. The first kappa shape index (κ1) is 21.7. The van der Waals surface area contributed by atoms with Crippen LogP contribution in [0.2, 0.25) is 0 Å². The summed E-state index contributed by atoms with van der Waals surface area (Å²) in [6.45, 7) is 0.451. The molecule has 0 amide bonds. The summed E-state index contributed by atoms with van der Waals surface area (Å²) in [6, 6.07) is 22.3. The van der Waals surface area contributed by atoms with Gasteiger partial charge in [0.2, 0.25) is 0 Å². The van der Waals surface area contributed by atoms with Gasteiger partial charge in [-0.15, -0.1) is 0 Å². The Morgan fingerprint density at radius 3 is 1.83 bits per heavy atom. The molecular weight excluding hydrogens is 399 g/mol. The Morgan fingerprint density at radius 1 is 0.724 bits per heavy atom. The highest BCUT2D eigenvalue weighted by Crippen LogP contribution is 2.47. The maximum Gasteiger partial charge on any atom is 0.375 e. The molecule has 152 valence electrons. The van der Waals surface area contributed by atoms with E-state index in [1.165, 1.54) is 11.1 Å². The van der Waals surface area contributed by atoms with E-state index < -0.39 is 6.72 Å². The van der Waals surface area contributed by atoms with E-state index in [-0.39, 0.29) is 0 Å². The number of hydrogen-bond acceptors (Lipinski definition) is 2. The Balaban J connectivity index is 2.32. The van der Waals surface area contributed by atoms with Gasteiger partial charge in [0.05, 0.1) is 0 Å². The maximum atomic E-state index is 9.87. The van der Waals surface area contributed by atoms with Crippen LogP contribution in [0, 0.1) is 0 Å². The third kappa shape index (κ3) is 5.34. The molecule has 3 aromatic carbocycles. The van der Waals surface area contributed by atoms with Crippen molar-refractivity contribution in [1.29, 1.82) is 0 Å². The van der Waals surface area contributed by atoms with Crippen LogP contribution in [-0.2, 0) is 24.6 Å². The molecule has 0 saturated carbocycles. The van der Waals surface area contributed by atoms with E-state index in [4.69, 9.17) is 16.3 Å². The molecule has 5 heteroatoms. The molecular formula is C24H27O3PS. The Bertz CT molecular complexity index is 1030. The second-order valence-electron chi connectivity index (χ2n) is 7.07. The van der Waals surface area contributed by atoms with Crippen LogP contribution in [0.1, 0.15) is 37.8 Å². The first-order valence-corrected chi connectivity index (χ1v) is 12.6. The van der Waals surface area contributed by atoms with Gasteiger partial charge in [-0.3, -0.25) is 0 Å². The minimum atomic E-state index is -3.87. The molecule has 0 aliphatic carbocycles. The first-order valence-electron chi connectivity index (χ1n) is 9.99. The fraction of sp³-hybridized carbons (Fsp3) is 0.250. The second-order valence-corrected chi connectivity index (χ2v) is 9.67. The van der Waals surface area contributed by atoms with E-state index in [0.29, 0.717) is 5.75 Å². The van der Waals surface area contributed by atoms with Gasteiger partial charge in [0.15, 0.2) is 0 Å². The first-order chi connectivity index (χ1) is 13.9. The number of aryl methyl sites for hydroxylation is 2. The summed E-state index contributed by atoms with van der Waals surface area (Å²) in [5.41, 5.74) is 6.49. The molecule has 0 aliphatic rings. The molecule has 0 fully saturated rings. The highest BCUT2D eigenvalue weighted by atomic mass is 32.5. The highest BCUT2D eigenvalue weighted by molar-refractivity contribution is 8.06. The molecule has 0 radical (unpaired) electrons. The van der Waals surface area contributed by atoms with E-state index >= 15 is 0 Å². The summed E-state index contributed by atoms with van der Waals surface area (Å²) in [4.78, 5) is 19.7. The van der Waals surface area contributed by atoms with E-state index in [1.54, 1.807) is 6.07 Å². The predicted molar refractivity (Wildman–Crippen MR) is 125 cm³/mol. The Kier molecular flexibility index (Phi) is 7.26. The number of hydrogen-bond donors (Lipinski definition) is 2. The number of benzene rings is 3. The smallest absolute Gasteiger partial charge is 0.375 e. The lowest BCUT2D eigenvalue weighted by Crippen LogP contribution is -1.99. The van der Waals surface area contributed by atoms with Crippen molar-refractivity contribution < 1.29 is 14.3 Å². The summed E-state index contributed by atoms with van der Waals surface area (Å²) in [5, 5.41) is 0. The zero-order valence-corrected chi connectivity index (χ0v) is 18.5. The van der Waals surface area contributed by atoms with Gasteiger partial charge in [0.1, 0.15) is 5.75 Å². The normalized spacial score (nSPS) is 11.4. The van der Waals surface area contributed by atoms with Crippen LogP contribution in [0.5, 0.6) is 5.75 Å². The molecule has 3 rings (SSSR count). The van der Waals surface area contributed by atoms with Crippen LogP contribution in [0.25, 0.3) is 22.3 Å². The molecule has 29 heavy (non-hydrogen) atoms. The van der Waals surface area contributed by atoms with Gasteiger partial charge < -0.3 is 14.3 Å². The molecule has 0 atom stereocenters. The van der Waals surface area contributed by atoms with E-state index in [1.807, 2.05) is 24.3 Å². The second kappa shape index (κ2) is 9.69. The lowest BCUT2D eigenvalue weighted by Gasteiger charge is -2.21. The zero-order valence-electron chi connectivity index (χ0n) is 16.8. The van der Waals surface area contributed by atoms with Crippen molar-refractivity contribution in [3.05, 3.63) is 77.9 Å². The SMILES string of the molecule is CCCc1ccccc1-c1cccc(OP(O)(O)=S)c1-c1ccccc1CCC. The van der Waals surface area contributed by atoms with Crippen LogP contribution < -0.4 is 4.52 Å². The minimum absolute atomic E-state index is 0.408. The molecule has 0 spiro atoms. The lowest BCUT2D eigenvalue weighted by molar-refractivity contribution is 0.371. The lowest BCUT2D eigenvalue weighted by atomic mass is 9.87. The van der Waals surface area contributed by atoms with Gasteiger partial charge in [0, 0.05) is 17.4 Å². The summed E-state index contributed by atoms with van der Waals surface area (Å²) in [6.07, 6.45) is 3.95. The van der Waals surface area contributed by atoms with Crippen LogP contribution in [0.3, 0.4) is 0 Å². The molecule has 0 saturated heterocycles. The van der Waals surface area contributed by atoms with Crippen molar-refractivity contribution in [2.24, 2.45) is 0 Å². The van der Waals surface area contributed by atoms with Crippen molar-refractivity contribution >= 4 is 18.5 Å². The van der Waals surface area contributed by atoms with Crippen molar-refractivity contribution in [2.45, 2.75) is 39.5 Å². The summed E-state index contributed by atoms with van der Waals surface area (Å²) in [5.74, 6) is 0.408. The standard InChI is InChI=1S/C24H27O3PS/c1-3-10-18-12-5-7-14-20(18)22-16-9-17-23(27-28(25,26)29)24(22)21-15-8-6-13-19(21)11-4-2/h5-9,12-17H,3-4,10-11H2,1-2H3,(H2,25,26,29). The van der Waals surface area contributed by atoms with Crippen molar-refractivity contribution in [2.75, 3.05) is 0 Å². The van der Waals surface area contributed by atoms with E-state index in [0.717, 1.165) is 47.9 Å². The van der Waals surface area contributed by atoms with Crippen molar-refractivity contribution in [1.82, 2.24) is 0 Å². The molecule has 0 aliphatic heterocycles. The van der Waals surface area contributed by atoms with Gasteiger partial charge >= 0.3 is 6.72 Å². The van der Waals surface area contributed by atoms with Crippen molar-refractivity contribution in [3.8, 4) is 28.0 Å². The highest BCUT2D eigenvalue weighted by Gasteiger charge is 2.21. The van der Waals surface area contributed by atoms with E-state index in [9.17, 15) is 9.79 Å². The molecule has 0 bridgehead atoms. The van der Waals surface area contributed by atoms with Crippen molar-refractivity contribution in [3.63, 3.8) is 0 Å². The molecule has 0 aromatic heterocycles. The predicted octanol–water partition coefficient (Wildman–Crippen LogP) is 6.51. The Hall–Kier alpha value is -1.97. The van der Waals surface area contributed by atoms with Gasteiger partial charge in [-0.05, 0) is 46.7 Å². The van der Waals surface area contributed by atoms with Gasteiger partial charge in [-0.1, -0.05) is 87.4 Å².